The number of carbonyl (C=O) groups is 2. The summed E-state index contributed by atoms with van der Waals surface area (Å²) in [6, 6.07) is 0. The molecule has 5 heteroatoms. The molecule has 0 spiro atoms. The zero-order valence-electron chi connectivity index (χ0n) is 10.7. The Kier molecular flexibility index (Phi) is 2.90. The van der Waals surface area contributed by atoms with E-state index in [0.29, 0.717) is 39.5 Å². The van der Waals surface area contributed by atoms with Crippen LogP contribution >= 0.6 is 0 Å². The number of aromatic nitrogens is 2. The van der Waals surface area contributed by atoms with Crippen LogP contribution in [-0.4, -0.2) is 22.2 Å². The minimum Gasteiger partial charge on any atom is -0.361 e. The molecule has 2 heterocycles. The maximum Gasteiger partial charge on any atom is 0.214 e. The van der Waals surface area contributed by atoms with E-state index in [-0.39, 0.29) is 5.78 Å². The summed E-state index contributed by atoms with van der Waals surface area (Å²) in [6.45, 7) is 6.92. The normalized spacial score (nSPS) is 10.7. The predicted molar refractivity (Wildman–Crippen MR) is 65.1 cm³/mol. The lowest BCUT2D eigenvalue weighted by atomic mass is 10.0. The Balaban J connectivity index is 2.57. The predicted octanol–water partition coefficient (Wildman–Crippen LogP) is 2.28. The largest absolute Gasteiger partial charge is 0.361 e. The van der Waals surface area contributed by atoms with Gasteiger partial charge in [0.2, 0.25) is 5.78 Å². The van der Waals surface area contributed by atoms with Crippen LogP contribution in [0.4, 0.5) is 0 Å². The summed E-state index contributed by atoms with van der Waals surface area (Å²) in [6.07, 6.45) is 0.755. The van der Waals surface area contributed by atoms with Gasteiger partial charge >= 0.3 is 0 Å². The lowest BCUT2D eigenvalue weighted by molar-refractivity contribution is 0.103. The number of nitrogens with one attached hydrogen (secondary N) is 1. The summed E-state index contributed by atoms with van der Waals surface area (Å²) < 4.78 is 4.99. The van der Waals surface area contributed by atoms with Gasteiger partial charge in [-0.3, -0.25) is 9.59 Å². The van der Waals surface area contributed by atoms with E-state index in [1.165, 1.54) is 0 Å². The summed E-state index contributed by atoms with van der Waals surface area (Å²) in [4.78, 5) is 26.3. The van der Waals surface area contributed by atoms with Gasteiger partial charge in [-0.1, -0.05) is 5.16 Å². The van der Waals surface area contributed by atoms with Crippen molar-refractivity contribution in [3.05, 3.63) is 39.5 Å². The van der Waals surface area contributed by atoms with Gasteiger partial charge in [-0.05, 0) is 33.3 Å². The van der Waals surface area contributed by atoms with Gasteiger partial charge in [0.05, 0.1) is 17.0 Å². The van der Waals surface area contributed by atoms with Gasteiger partial charge in [-0.15, -0.1) is 0 Å². The molecular weight excluding hydrogens is 232 g/mol. The van der Waals surface area contributed by atoms with Gasteiger partial charge in [-0.2, -0.15) is 0 Å². The molecule has 0 atom stereocenters. The number of rotatable bonds is 3. The number of aryl methyl sites for hydroxylation is 3. The second-order valence-electron chi connectivity index (χ2n) is 4.31. The number of aldehydes is 1. The van der Waals surface area contributed by atoms with E-state index in [0.717, 1.165) is 6.29 Å². The molecule has 18 heavy (non-hydrogen) atoms. The first-order chi connectivity index (χ1) is 8.47. The molecule has 5 nitrogen and oxygen atoms in total. The monoisotopic (exact) mass is 246 g/mol. The number of hydrogen-bond acceptors (Lipinski definition) is 4. The summed E-state index contributed by atoms with van der Waals surface area (Å²) in [7, 11) is 0. The first-order valence-electron chi connectivity index (χ1n) is 5.59. The molecule has 2 rings (SSSR count). The average molecular weight is 246 g/mol. The van der Waals surface area contributed by atoms with Crippen LogP contribution in [0.3, 0.4) is 0 Å². The second kappa shape index (κ2) is 4.25. The van der Waals surface area contributed by atoms with Crippen LogP contribution in [0.15, 0.2) is 4.52 Å². The number of H-pyrrole nitrogens is 1. The number of ketones is 1. The second-order valence-corrected chi connectivity index (χ2v) is 4.31. The summed E-state index contributed by atoms with van der Waals surface area (Å²) in [5, 5.41) is 3.76. The first kappa shape index (κ1) is 12.3. The highest BCUT2D eigenvalue weighted by molar-refractivity contribution is 6.11. The number of nitrogens with zero attached hydrogens (tertiary/aromatic N) is 1. The van der Waals surface area contributed by atoms with Crippen LogP contribution in [0.5, 0.6) is 0 Å². The fraction of sp³-hybridized carbons (Fsp3) is 0.308. The summed E-state index contributed by atoms with van der Waals surface area (Å²) in [5.41, 5.74) is 3.31. The fourth-order valence-electron chi connectivity index (χ4n) is 2.10. The quantitative estimate of drug-likeness (QED) is 0.665. The molecule has 0 amide bonds. The Bertz CT molecular complexity index is 615. The Morgan fingerprint density at radius 3 is 2.39 bits per heavy atom. The van der Waals surface area contributed by atoms with Gasteiger partial charge in [0.1, 0.15) is 5.76 Å². The van der Waals surface area contributed by atoms with Crippen molar-refractivity contribution in [2.75, 3.05) is 0 Å². The van der Waals surface area contributed by atoms with Gasteiger partial charge in [0.25, 0.3) is 0 Å². The van der Waals surface area contributed by atoms with Crippen LogP contribution in [-0.2, 0) is 0 Å². The Labute approximate surface area is 104 Å². The van der Waals surface area contributed by atoms with E-state index in [4.69, 9.17) is 4.52 Å². The number of hydrogen-bond donors (Lipinski definition) is 1. The average Bonchev–Trinajstić information content (AvgIpc) is 2.79. The summed E-state index contributed by atoms with van der Waals surface area (Å²) in [5.74, 6) is 0.289. The molecule has 2 aromatic heterocycles. The Hall–Kier alpha value is -2.17. The molecular formula is C13H14N2O3. The highest BCUT2D eigenvalue weighted by Crippen LogP contribution is 2.22. The van der Waals surface area contributed by atoms with Crippen molar-refractivity contribution >= 4 is 12.1 Å². The zero-order chi connectivity index (χ0) is 13.4. The standard InChI is InChI=1S/C13H14N2O3/c1-6-10(5-16)7(2)14-12(6)13(17)11-8(3)15-18-9(11)4/h5,14H,1-4H3. The Morgan fingerprint density at radius 1 is 1.28 bits per heavy atom. The molecule has 0 bridgehead atoms. The molecule has 2 aromatic rings. The first-order valence-corrected chi connectivity index (χ1v) is 5.59. The van der Waals surface area contributed by atoms with Crippen LogP contribution in [0.2, 0.25) is 0 Å². The zero-order valence-corrected chi connectivity index (χ0v) is 10.7. The maximum atomic E-state index is 12.4. The van der Waals surface area contributed by atoms with E-state index in [1.54, 1.807) is 27.7 Å². The molecule has 0 saturated heterocycles. The highest BCUT2D eigenvalue weighted by Gasteiger charge is 2.23. The van der Waals surface area contributed by atoms with E-state index < -0.39 is 0 Å². The van der Waals surface area contributed by atoms with E-state index in [2.05, 4.69) is 10.1 Å². The SMILES string of the molecule is Cc1noc(C)c1C(=O)c1[nH]c(C)c(C=O)c1C. The van der Waals surface area contributed by atoms with Crippen molar-refractivity contribution in [1.82, 2.24) is 10.1 Å². The Morgan fingerprint density at radius 2 is 1.94 bits per heavy atom. The highest BCUT2D eigenvalue weighted by atomic mass is 16.5. The number of aromatic amines is 1. The van der Waals surface area contributed by atoms with Gasteiger partial charge in [0.15, 0.2) is 6.29 Å². The third-order valence-electron chi connectivity index (χ3n) is 3.10. The van der Waals surface area contributed by atoms with E-state index in [1.807, 2.05) is 0 Å². The minimum atomic E-state index is -0.194. The van der Waals surface area contributed by atoms with E-state index >= 15 is 0 Å². The fourth-order valence-corrected chi connectivity index (χ4v) is 2.10. The molecule has 94 valence electrons. The third kappa shape index (κ3) is 1.68. The maximum absolute atomic E-state index is 12.4. The van der Waals surface area contributed by atoms with Crippen LogP contribution in [0.1, 0.15) is 49.1 Å². The smallest absolute Gasteiger partial charge is 0.214 e. The molecule has 0 fully saturated rings. The van der Waals surface area contributed by atoms with E-state index in [9.17, 15) is 9.59 Å². The van der Waals surface area contributed by atoms with Gasteiger partial charge in [0, 0.05) is 11.3 Å². The van der Waals surface area contributed by atoms with Crippen molar-refractivity contribution in [3.63, 3.8) is 0 Å². The molecule has 0 aliphatic carbocycles. The molecule has 0 aromatic carbocycles. The van der Waals surface area contributed by atoms with Crippen molar-refractivity contribution < 1.29 is 14.1 Å². The summed E-state index contributed by atoms with van der Waals surface area (Å²) >= 11 is 0. The van der Waals surface area contributed by atoms with Crippen molar-refractivity contribution in [3.8, 4) is 0 Å². The third-order valence-corrected chi connectivity index (χ3v) is 3.10. The van der Waals surface area contributed by atoms with Gasteiger partial charge in [-0.25, -0.2) is 0 Å². The molecule has 1 N–H and O–H groups in total. The van der Waals surface area contributed by atoms with Crippen molar-refractivity contribution in [2.45, 2.75) is 27.7 Å². The van der Waals surface area contributed by atoms with Crippen LogP contribution < -0.4 is 0 Å². The van der Waals surface area contributed by atoms with Crippen molar-refractivity contribution in [1.29, 1.82) is 0 Å². The minimum absolute atomic E-state index is 0.194. The molecule has 0 radical (unpaired) electrons. The van der Waals surface area contributed by atoms with Gasteiger partial charge < -0.3 is 9.51 Å². The molecule has 0 aliphatic rings. The molecule has 0 aliphatic heterocycles. The molecule has 0 saturated carbocycles. The van der Waals surface area contributed by atoms with Crippen LogP contribution in [0, 0.1) is 27.7 Å². The number of carbonyl (C=O) groups excluding carboxylic acids is 2. The molecule has 0 unspecified atom stereocenters. The lowest BCUT2D eigenvalue weighted by Crippen LogP contribution is -2.06. The van der Waals surface area contributed by atoms with Crippen molar-refractivity contribution in [2.24, 2.45) is 0 Å². The van der Waals surface area contributed by atoms with Crippen LogP contribution in [0.25, 0.3) is 0 Å². The lowest BCUT2D eigenvalue weighted by Gasteiger charge is -1.99. The topological polar surface area (TPSA) is 76.0 Å².